The van der Waals surface area contributed by atoms with Crippen molar-refractivity contribution >= 4 is 10.9 Å². The molecule has 1 fully saturated rings. The number of methoxy groups -OCH3 is 1. The number of hydrogen-bond acceptors (Lipinski definition) is 5. The van der Waals surface area contributed by atoms with E-state index in [0.717, 1.165) is 30.7 Å². The van der Waals surface area contributed by atoms with Crippen LogP contribution in [0, 0.1) is 28.7 Å². The van der Waals surface area contributed by atoms with E-state index >= 15 is 0 Å². The molecule has 0 unspecified atom stereocenters. The van der Waals surface area contributed by atoms with E-state index in [2.05, 4.69) is 9.88 Å². The van der Waals surface area contributed by atoms with E-state index in [0.29, 0.717) is 55.4 Å². The molecule has 1 N–H and O–H groups in total. The van der Waals surface area contributed by atoms with E-state index in [9.17, 15) is 22.7 Å². The first-order chi connectivity index (χ1) is 17.3. The summed E-state index contributed by atoms with van der Waals surface area (Å²) < 4.78 is 65.5. The van der Waals surface area contributed by atoms with Gasteiger partial charge in [-0.05, 0) is 74.4 Å². The first-order valence-electron chi connectivity index (χ1n) is 12.1. The van der Waals surface area contributed by atoms with Crippen LogP contribution in [0.1, 0.15) is 31.2 Å². The average Bonchev–Trinajstić information content (AvgIpc) is 2.88. The van der Waals surface area contributed by atoms with Gasteiger partial charge in [0.25, 0.3) is 0 Å². The molecule has 1 saturated heterocycles. The number of aryl methyl sites for hydroxylation is 1. The van der Waals surface area contributed by atoms with Gasteiger partial charge in [0.05, 0.1) is 18.8 Å². The van der Waals surface area contributed by atoms with Crippen LogP contribution in [-0.4, -0.2) is 54.9 Å². The molecule has 9 heteroatoms. The van der Waals surface area contributed by atoms with Gasteiger partial charge in [-0.25, -0.2) is 13.2 Å². The van der Waals surface area contributed by atoms with Gasteiger partial charge < -0.3 is 14.6 Å². The molecule has 0 aliphatic carbocycles. The van der Waals surface area contributed by atoms with E-state index in [4.69, 9.17) is 9.47 Å². The van der Waals surface area contributed by atoms with Crippen LogP contribution in [0.2, 0.25) is 0 Å². The maximum Gasteiger partial charge on any atom is 0.200 e. The highest BCUT2D eigenvalue weighted by Crippen LogP contribution is 2.37. The average molecular weight is 507 g/mol. The first-order valence-corrected chi connectivity index (χ1v) is 12.1. The lowest BCUT2D eigenvalue weighted by Crippen LogP contribution is -2.43. The van der Waals surface area contributed by atoms with Crippen molar-refractivity contribution < 1.29 is 32.1 Å². The quantitative estimate of drug-likeness (QED) is 0.300. The normalized spacial score (nSPS) is 15.8. The minimum Gasteiger partial charge on any atom is -0.497 e. The number of likely N-dealkylation sites (tertiary alicyclic amines) is 1. The van der Waals surface area contributed by atoms with Gasteiger partial charge >= 0.3 is 0 Å². The van der Waals surface area contributed by atoms with Crippen molar-refractivity contribution in [1.29, 1.82) is 0 Å². The molecule has 0 radical (unpaired) electrons. The Balaban J connectivity index is 1.30. The lowest BCUT2D eigenvalue weighted by Gasteiger charge is -2.41. The van der Waals surface area contributed by atoms with Gasteiger partial charge in [-0.3, -0.25) is 9.88 Å². The van der Waals surface area contributed by atoms with Crippen LogP contribution in [0.3, 0.4) is 0 Å². The van der Waals surface area contributed by atoms with Gasteiger partial charge in [0.15, 0.2) is 11.6 Å². The fourth-order valence-electron chi connectivity index (χ4n) is 4.88. The highest BCUT2D eigenvalue weighted by atomic mass is 19.2. The summed E-state index contributed by atoms with van der Waals surface area (Å²) in [5.74, 6) is -3.53. The van der Waals surface area contributed by atoms with Crippen LogP contribution >= 0.6 is 0 Å². The maximum atomic E-state index is 14.6. The number of aliphatic hydroxyl groups is 1. The van der Waals surface area contributed by atoms with Gasteiger partial charge in [0.1, 0.15) is 24.0 Å². The Morgan fingerprint density at radius 3 is 2.56 bits per heavy atom. The highest BCUT2D eigenvalue weighted by molar-refractivity contribution is 5.83. The van der Waals surface area contributed by atoms with Crippen molar-refractivity contribution in [3.05, 3.63) is 65.4 Å². The topological polar surface area (TPSA) is 54.8 Å². The number of halogens is 4. The second-order valence-corrected chi connectivity index (χ2v) is 9.37. The summed E-state index contributed by atoms with van der Waals surface area (Å²) in [6, 6.07) is 6.71. The second-order valence-electron chi connectivity index (χ2n) is 9.37. The zero-order chi connectivity index (χ0) is 25.7. The third-order valence-corrected chi connectivity index (χ3v) is 7.14. The molecule has 194 valence electrons. The molecular formula is C27H30F4N2O3. The monoisotopic (exact) mass is 506 g/mol. The van der Waals surface area contributed by atoms with Gasteiger partial charge in [0.2, 0.25) is 5.82 Å². The number of rotatable bonds is 10. The summed E-state index contributed by atoms with van der Waals surface area (Å²) in [6.07, 6.45) is 4.72. The van der Waals surface area contributed by atoms with Crippen molar-refractivity contribution in [2.75, 3.05) is 40.0 Å². The van der Waals surface area contributed by atoms with Crippen molar-refractivity contribution in [2.24, 2.45) is 5.41 Å². The SMILES string of the molecule is COc1ccc2ncc(F)c(CCCC3(CO)CCN(CCOc4cc(F)cc(F)c4F)CC3)c2c1. The number of benzene rings is 2. The van der Waals surface area contributed by atoms with Crippen LogP contribution in [0.15, 0.2) is 36.5 Å². The Morgan fingerprint density at radius 1 is 1.06 bits per heavy atom. The van der Waals surface area contributed by atoms with Crippen LogP contribution < -0.4 is 9.47 Å². The molecular weight excluding hydrogens is 476 g/mol. The smallest absolute Gasteiger partial charge is 0.200 e. The number of ether oxygens (including phenoxy) is 2. The molecule has 0 bridgehead atoms. The van der Waals surface area contributed by atoms with Gasteiger partial charge in [-0.2, -0.15) is 4.39 Å². The molecule has 5 nitrogen and oxygen atoms in total. The zero-order valence-electron chi connectivity index (χ0n) is 20.2. The predicted octanol–water partition coefficient (Wildman–Crippen LogP) is 5.28. The number of piperidine rings is 1. The summed E-state index contributed by atoms with van der Waals surface area (Å²) in [5.41, 5.74) is 1.05. The molecule has 4 rings (SSSR count). The minimum atomic E-state index is -1.28. The third-order valence-electron chi connectivity index (χ3n) is 7.14. The van der Waals surface area contributed by atoms with E-state index in [1.807, 2.05) is 6.07 Å². The highest BCUT2D eigenvalue weighted by Gasteiger charge is 2.33. The Morgan fingerprint density at radius 2 is 1.83 bits per heavy atom. The van der Waals surface area contributed by atoms with Crippen LogP contribution in [-0.2, 0) is 6.42 Å². The maximum absolute atomic E-state index is 14.6. The van der Waals surface area contributed by atoms with E-state index < -0.39 is 23.2 Å². The predicted molar refractivity (Wildman–Crippen MR) is 128 cm³/mol. The van der Waals surface area contributed by atoms with Crippen molar-refractivity contribution in [1.82, 2.24) is 9.88 Å². The summed E-state index contributed by atoms with van der Waals surface area (Å²) in [4.78, 5) is 6.28. The molecule has 0 atom stereocenters. The number of hydrogen-bond donors (Lipinski definition) is 1. The lowest BCUT2D eigenvalue weighted by atomic mass is 9.75. The molecule has 1 aliphatic heterocycles. The molecule has 0 amide bonds. The number of fused-ring (bicyclic) bond motifs is 1. The Kier molecular flexibility index (Phi) is 8.31. The Bertz CT molecular complexity index is 1200. The van der Waals surface area contributed by atoms with Crippen LogP contribution in [0.25, 0.3) is 10.9 Å². The molecule has 1 aromatic heterocycles. The molecule has 3 aromatic rings. The van der Waals surface area contributed by atoms with Crippen LogP contribution in [0.5, 0.6) is 11.5 Å². The van der Waals surface area contributed by atoms with Crippen molar-refractivity contribution in [3.8, 4) is 11.5 Å². The Labute approximate surface area is 207 Å². The summed E-state index contributed by atoms with van der Waals surface area (Å²) >= 11 is 0. The van der Waals surface area contributed by atoms with E-state index in [1.54, 1.807) is 19.2 Å². The van der Waals surface area contributed by atoms with Crippen molar-refractivity contribution in [3.63, 3.8) is 0 Å². The summed E-state index contributed by atoms with van der Waals surface area (Å²) in [5, 5.41) is 10.9. The second kappa shape index (κ2) is 11.4. The largest absolute Gasteiger partial charge is 0.497 e. The number of aromatic nitrogens is 1. The fraction of sp³-hybridized carbons (Fsp3) is 0.444. The van der Waals surface area contributed by atoms with E-state index in [1.165, 1.54) is 6.20 Å². The summed E-state index contributed by atoms with van der Waals surface area (Å²) in [6.45, 7) is 2.00. The first kappa shape index (κ1) is 26.2. The van der Waals surface area contributed by atoms with Gasteiger partial charge in [0, 0.05) is 30.7 Å². The van der Waals surface area contributed by atoms with Crippen molar-refractivity contribution in [2.45, 2.75) is 32.1 Å². The fourth-order valence-corrected chi connectivity index (χ4v) is 4.88. The number of aliphatic hydroxyl groups excluding tert-OH is 1. The molecule has 0 spiro atoms. The zero-order valence-corrected chi connectivity index (χ0v) is 20.2. The molecule has 36 heavy (non-hydrogen) atoms. The van der Waals surface area contributed by atoms with Gasteiger partial charge in [-0.15, -0.1) is 0 Å². The minimum absolute atomic E-state index is 0.0402. The standard InChI is InChI=1S/C27H30F4N2O3/c1-35-19-4-5-24-21(15-19)20(23(30)16-32-24)3-2-6-27(17-34)7-9-33(10-8-27)11-12-36-25-14-18(28)13-22(29)26(25)31/h4-5,13-16,34H,2-3,6-12,17H2,1H3. The van der Waals surface area contributed by atoms with Crippen LogP contribution in [0.4, 0.5) is 17.6 Å². The molecule has 2 heterocycles. The lowest BCUT2D eigenvalue weighted by molar-refractivity contribution is 0.0314. The Hall–Kier alpha value is -2.91. The number of pyridine rings is 1. The number of nitrogens with zero attached hydrogens (tertiary/aromatic N) is 2. The molecule has 1 aliphatic rings. The van der Waals surface area contributed by atoms with E-state index in [-0.39, 0.29) is 24.4 Å². The third kappa shape index (κ3) is 5.90. The molecule has 2 aromatic carbocycles. The molecule has 0 saturated carbocycles. The summed E-state index contributed by atoms with van der Waals surface area (Å²) in [7, 11) is 1.57. The van der Waals surface area contributed by atoms with Gasteiger partial charge in [-0.1, -0.05) is 0 Å².